The molecular weight excluding hydrogens is 314 g/mol. The maximum Gasteiger partial charge on any atom is 0.253 e. The average Bonchev–Trinajstić information content (AvgIpc) is 2.53. The molecule has 5 nitrogen and oxygen atoms in total. The molecule has 1 aromatic rings. The van der Waals surface area contributed by atoms with E-state index in [-0.39, 0.29) is 23.8 Å². The van der Waals surface area contributed by atoms with Crippen molar-refractivity contribution in [1.29, 1.82) is 0 Å². The van der Waals surface area contributed by atoms with Crippen molar-refractivity contribution in [2.75, 3.05) is 13.1 Å². The minimum Gasteiger partial charge on any atom is -0.351 e. The Kier molecular flexibility index (Phi) is 6.42. The Hall–Kier alpha value is -1.59. The molecule has 2 rings (SSSR count). The molecule has 0 aromatic heterocycles. The van der Waals surface area contributed by atoms with Crippen LogP contribution in [0.2, 0.25) is 5.02 Å². The number of hydrogen-bond acceptors (Lipinski definition) is 3. The molecule has 1 aliphatic rings. The van der Waals surface area contributed by atoms with Gasteiger partial charge in [0.2, 0.25) is 5.91 Å². The highest BCUT2D eigenvalue weighted by atomic mass is 35.5. The molecule has 0 saturated carbocycles. The first-order chi connectivity index (χ1) is 11.0. The summed E-state index contributed by atoms with van der Waals surface area (Å²) in [6.45, 7) is 5.64. The van der Waals surface area contributed by atoms with E-state index in [0.717, 1.165) is 25.9 Å². The van der Waals surface area contributed by atoms with Gasteiger partial charge >= 0.3 is 0 Å². The molecule has 1 aliphatic heterocycles. The van der Waals surface area contributed by atoms with E-state index in [1.165, 1.54) is 0 Å². The van der Waals surface area contributed by atoms with Crippen LogP contribution in [0.1, 0.15) is 37.0 Å². The number of hydrogen-bond donors (Lipinski definition) is 3. The Morgan fingerprint density at radius 2 is 1.87 bits per heavy atom. The van der Waals surface area contributed by atoms with E-state index in [0.29, 0.717) is 10.6 Å². The molecule has 3 N–H and O–H groups in total. The second kappa shape index (κ2) is 8.31. The molecule has 1 aromatic carbocycles. The van der Waals surface area contributed by atoms with E-state index in [4.69, 9.17) is 11.6 Å². The van der Waals surface area contributed by atoms with Crippen LogP contribution in [0.4, 0.5) is 0 Å². The van der Waals surface area contributed by atoms with Crippen LogP contribution in [0.3, 0.4) is 0 Å². The smallest absolute Gasteiger partial charge is 0.253 e. The zero-order valence-electron chi connectivity index (χ0n) is 13.6. The van der Waals surface area contributed by atoms with Crippen LogP contribution < -0.4 is 16.0 Å². The fraction of sp³-hybridized carbons (Fsp3) is 0.529. The summed E-state index contributed by atoms with van der Waals surface area (Å²) in [6.07, 6.45) is 1.82. The van der Waals surface area contributed by atoms with E-state index in [1.807, 2.05) is 13.8 Å². The summed E-state index contributed by atoms with van der Waals surface area (Å²) in [4.78, 5) is 24.9. The third-order valence-electron chi connectivity index (χ3n) is 4.04. The Bertz CT molecular complexity index is 557. The van der Waals surface area contributed by atoms with Crippen molar-refractivity contribution >= 4 is 23.4 Å². The predicted molar refractivity (Wildman–Crippen MR) is 91.6 cm³/mol. The number of amides is 2. The number of carbonyl (C=O) groups excluding carboxylic acids is 2. The van der Waals surface area contributed by atoms with Crippen LogP contribution in [0, 0.1) is 5.92 Å². The molecular formula is C17H24ClN3O2. The number of nitrogens with one attached hydrogen (secondary N) is 3. The number of halogens is 1. The number of carbonyl (C=O) groups is 2. The summed E-state index contributed by atoms with van der Waals surface area (Å²) in [6, 6.07) is 6.43. The topological polar surface area (TPSA) is 70.2 Å². The van der Waals surface area contributed by atoms with Crippen molar-refractivity contribution in [3.8, 4) is 0 Å². The SMILES string of the molecule is CC(C)C(NC(=O)c1ccccc1Cl)C(=O)NC1CCNCC1. The van der Waals surface area contributed by atoms with E-state index < -0.39 is 6.04 Å². The molecule has 1 atom stereocenters. The zero-order chi connectivity index (χ0) is 16.8. The molecule has 1 heterocycles. The van der Waals surface area contributed by atoms with Gasteiger partial charge in [0.25, 0.3) is 5.91 Å². The third kappa shape index (κ3) is 4.94. The molecule has 0 radical (unpaired) electrons. The lowest BCUT2D eigenvalue weighted by molar-refractivity contribution is -0.124. The Morgan fingerprint density at radius 1 is 1.22 bits per heavy atom. The van der Waals surface area contributed by atoms with Gasteiger partial charge in [-0.2, -0.15) is 0 Å². The standard InChI is InChI=1S/C17H24ClN3O2/c1-11(2)15(17(23)20-12-7-9-19-10-8-12)21-16(22)13-5-3-4-6-14(13)18/h3-6,11-12,15,19H,7-10H2,1-2H3,(H,20,23)(H,21,22). The van der Waals surface area contributed by atoms with Gasteiger partial charge in [0.1, 0.15) is 6.04 Å². The normalized spacial score (nSPS) is 16.9. The van der Waals surface area contributed by atoms with Crippen molar-refractivity contribution in [1.82, 2.24) is 16.0 Å². The van der Waals surface area contributed by atoms with Crippen LogP contribution in [-0.2, 0) is 4.79 Å². The van der Waals surface area contributed by atoms with Crippen molar-refractivity contribution in [2.45, 2.75) is 38.8 Å². The average molecular weight is 338 g/mol. The van der Waals surface area contributed by atoms with Gasteiger partial charge in [-0.05, 0) is 44.0 Å². The largest absolute Gasteiger partial charge is 0.351 e. The maximum atomic E-state index is 12.5. The van der Waals surface area contributed by atoms with E-state index in [9.17, 15) is 9.59 Å². The second-order valence-electron chi connectivity index (χ2n) is 6.21. The first-order valence-electron chi connectivity index (χ1n) is 8.05. The molecule has 1 saturated heterocycles. The summed E-state index contributed by atoms with van der Waals surface area (Å²) < 4.78 is 0. The van der Waals surface area contributed by atoms with Gasteiger partial charge in [0, 0.05) is 6.04 Å². The number of piperidine rings is 1. The van der Waals surface area contributed by atoms with Crippen molar-refractivity contribution < 1.29 is 9.59 Å². The van der Waals surface area contributed by atoms with Gasteiger partial charge in [-0.15, -0.1) is 0 Å². The highest BCUT2D eigenvalue weighted by Crippen LogP contribution is 2.15. The fourth-order valence-electron chi connectivity index (χ4n) is 2.66. The summed E-state index contributed by atoms with van der Waals surface area (Å²) >= 11 is 6.05. The van der Waals surface area contributed by atoms with Gasteiger partial charge in [-0.3, -0.25) is 9.59 Å². The van der Waals surface area contributed by atoms with Crippen molar-refractivity contribution in [3.05, 3.63) is 34.9 Å². The van der Waals surface area contributed by atoms with Crippen LogP contribution in [0.25, 0.3) is 0 Å². The van der Waals surface area contributed by atoms with E-state index in [2.05, 4.69) is 16.0 Å². The number of rotatable bonds is 5. The van der Waals surface area contributed by atoms with Gasteiger partial charge in [-0.1, -0.05) is 37.6 Å². The molecule has 6 heteroatoms. The molecule has 0 aliphatic carbocycles. The van der Waals surface area contributed by atoms with E-state index >= 15 is 0 Å². The van der Waals surface area contributed by atoms with E-state index in [1.54, 1.807) is 24.3 Å². The highest BCUT2D eigenvalue weighted by molar-refractivity contribution is 6.33. The Morgan fingerprint density at radius 3 is 2.48 bits per heavy atom. The lowest BCUT2D eigenvalue weighted by atomic mass is 10.0. The third-order valence-corrected chi connectivity index (χ3v) is 4.37. The first-order valence-corrected chi connectivity index (χ1v) is 8.43. The van der Waals surface area contributed by atoms with Crippen molar-refractivity contribution in [3.63, 3.8) is 0 Å². The zero-order valence-corrected chi connectivity index (χ0v) is 14.3. The van der Waals surface area contributed by atoms with Crippen molar-refractivity contribution in [2.24, 2.45) is 5.92 Å². The molecule has 0 spiro atoms. The Labute approximate surface area is 142 Å². The monoisotopic (exact) mass is 337 g/mol. The maximum absolute atomic E-state index is 12.5. The minimum atomic E-state index is -0.575. The van der Waals surface area contributed by atoms with Crippen LogP contribution in [0.15, 0.2) is 24.3 Å². The first kappa shape index (κ1) is 17.8. The minimum absolute atomic E-state index is 0.0110. The summed E-state index contributed by atoms with van der Waals surface area (Å²) in [5.41, 5.74) is 0.384. The second-order valence-corrected chi connectivity index (χ2v) is 6.62. The van der Waals surface area contributed by atoms with Gasteiger partial charge in [-0.25, -0.2) is 0 Å². The van der Waals surface area contributed by atoms with Gasteiger partial charge in [0.15, 0.2) is 0 Å². The lowest BCUT2D eigenvalue weighted by Gasteiger charge is -2.28. The fourth-order valence-corrected chi connectivity index (χ4v) is 2.88. The quantitative estimate of drug-likeness (QED) is 0.769. The van der Waals surface area contributed by atoms with Crippen LogP contribution in [-0.4, -0.2) is 37.0 Å². The highest BCUT2D eigenvalue weighted by Gasteiger charge is 2.27. The van der Waals surface area contributed by atoms with Gasteiger partial charge < -0.3 is 16.0 Å². The summed E-state index contributed by atoms with van der Waals surface area (Å²) in [5, 5.41) is 9.50. The number of benzene rings is 1. The summed E-state index contributed by atoms with van der Waals surface area (Å²) in [5.74, 6) is -0.467. The van der Waals surface area contributed by atoms with Gasteiger partial charge in [0.05, 0.1) is 10.6 Å². The summed E-state index contributed by atoms with van der Waals surface area (Å²) in [7, 11) is 0. The molecule has 126 valence electrons. The van der Waals surface area contributed by atoms with Crippen LogP contribution >= 0.6 is 11.6 Å². The Balaban J connectivity index is 2.01. The lowest BCUT2D eigenvalue weighted by Crippen LogP contribution is -2.53. The molecule has 2 amide bonds. The predicted octanol–water partition coefficient (Wildman–Crippen LogP) is 1.96. The molecule has 0 bridgehead atoms. The molecule has 1 fully saturated rings. The molecule has 23 heavy (non-hydrogen) atoms. The molecule has 1 unspecified atom stereocenters. The van der Waals surface area contributed by atoms with Crippen LogP contribution in [0.5, 0.6) is 0 Å².